The summed E-state index contributed by atoms with van der Waals surface area (Å²) in [6, 6.07) is 6.69. The average Bonchev–Trinajstić information content (AvgIpc) is 2.38. The molecule has 0 aromatic heterocycles. The first-order valence-electron chi connectivity index (χ1n) is 5.41. The number of carbonyl (C=O) groups excluding carboxylic acids is 2. The van der Waals surface area contributed by atoms with Crippen LogP contribution in [0.1, 0.15) is 17.3 Å². The summed E-state index contributed by atoms with van der Waals surface area (Å²) in [6.45, 7) is 1.86. The highest BCUT2D eigenvalue weighted by molar-refractivity contribution is 6.09. The molecule has 0 heterocycles. The Kier molecular flexibility index (Phi) is 4.92. The molecule has 0 atom stereocenters. The molecule has 1 aromatic carbocycles. The molecule has 0 aliphatic heterocycles. The molecular weight excluding hydrogens is 234 g/mol. The second-order valence-corrected chi connectivity index (χ2v) is 3.38. The molecule has 96 valence electrons. The Labute approximate surface area is 105 Å². The molecule has 1 aromatic rings. The predicted octanol–water partition coefficient (Wildman–Crippen LogP) is 1.28. The minimum Gasteiger partial charge on any atom is -0.496 e. The maximum absolute atomic E-state index is 11.9. The highest BCUT2D eigenvalue weighted by Crippen LogP contribution is 2.18. The fourth-order valence-electron chi connectivity index (χ4n) is 1.34. The second kappa shape index (κ2) is 6.44. The van der Waals surface area contributed by atoms with Crippen LogP contribution in [-0.4, -0.2) is 25.5 Å². The molecule has 0 aliphatic rings. The molecule has 2 N–H and O–H groups in total. The van der Waals surface area contributed by atoms with Gasteiger partial charge in [-0.1, -0.05) is 12.1 Å². The van der Waals surface area contributed by atoms with Gasteiger partial charge in [-0.15, -0.1) is 0 Å². The molecule has 5 heteroatoms. The number of ketones is 1. The number of para-hydroxylation sites is 1. The van der Waals surface area contributed by atoms with E-state index in [1.165, 1.54) is 7.11 Å². The number of esters is 1. The topological polar surface area (TPSA) is 78.6 Å². The molecule has 0 aliphatic carbocycles. The number of benzene rings is 1. The summed E-state index contributed by atoms with van der Waals surface area (Å²) in [4.78, 5) is 23.2. The summed E-state index contributed by atoms with van der Waals surface area (Å²) in [5.74, 6) is -0.686. The van der Waals surface area contributed by atoms with E-state index in [0.717, 1.165) is 6.08 Å². The SMILES string of the molecule is CCOC(=O)C(N)=CC(=O)c1ccccc1OC. The van der Waals surface area contributed by atoms with Crippen molar-refractivity contribution in [2.45, 2.75) is 6.92 Å². The minimum atomic E-state index is -0.708. The molecule has 0 saturated carbocycles. The van der Waals surface area contributed by atoms with E-state index < -0.39 is 11.8 Å². The van der Waals surface area contributed by atoms with Crippen molar-refractivity contribution in [3.8, 4) is 5.75 Å². The number of carbonyl (C=O) groups is 2. The standard InChI is InChI=1S/C13H15NO4/c1-3-18-13(16)10(14)8-11(15)9-6-4-5-7-12(9)17-2/h4-8H,3,14H2,1-2H3. The normalized spacial score (nSPS) is 10.9. The van der Waals surface area contributed by atoms with E-state index in [9.17, 15) is 9.59 Å². The van der Waals surface area contributed by atoms with Gasteiger partial charge < -0.3 is 15.2 Å². The second-order valence-electron chi connectivity index (χ2n) is 3.38. The lowest BCUT2D eigenvalue weighted by atomic mass is 10.1. The maximum atomic E-state index is 11.9. The Bertz CT molecular complexity index is 480. The van der Waals surface area contributed by atoms with Crippen LogP contribution in [0.5, 0.6) is 5.75 Å². The molecule has 0 radical (unpaired) electrons. The van der Waals surface area contributed by atoms with Crippen molar-refractivity contribution in [1.82, 2.24) is 0 Å². The first kappa shape index (κ1) is 13.8. The zero-order valence-corrected chi connectivity index (χ0v) is 10.3. The number of rotatable bonds is 5. The van der Waals surface area contributed by atoms with Gasteiger partial charge in [0, 0.05) is 6.08 Å². The summed E-state index contributed by atoms with van der Waals surface area (Å²) in [5, 5.41) is 0. The van der Waals surface area contributed by atoms with E-state index in [0.29, 0.717) is 11.3 Å². The molecule has 0 spiro atoms. The van der Waals surface area contributed by atoms with Crippen LogP contribution >= 0.6 is 0 Å². The van der Waals surface area contributed by atoms with Gasteiger partial charge in [-0.25, -0.2) is 4.79 Å². The van der Waals surface area contributed by atoms with E-state index in [1.807, 2.05) is 0 Å². The molecule has 0 amide bonds. The summed E-state index contributed by atoms with van der Waals surface area (Å²) in [7, 11) is 1.46. The van der Waals surface area contributed by atoms with Gasteiger partial charge >= 0.3 is 5.97 Å². The third kappa shape index (κ3) is 3.35. The van der Waals surface area contributed by atoms with Crippen molar-refractivity contribution >= 4 is 11.8 Å². The maximum Gasteiger partial charge on any atom is 0.354 e. The molecule has 5 nitrogen and oxygen atoms in total. The predicted molar refractivity (Wildman–Crippen MR) is 66.2 cm³/mol. The zero-order chi connectivity index (χ0) is 13.5. The largest absolute Gasteiger partial charge is 0.496 e. The fourth-order valence-corrected chi connectivity index (χ4v) is 1.34. The van der Waals surface area contributed by atoms with Crippen LogP contribution < -0.4 is 10.5 Å². The first-order chi connectivity index (χ1) is 8.60. The van der Waals surface area contributed by atoms with Gasteiger partial charge in [0.2, 0.25) is 0 Å². The van der Waals surface area contributed by atoms with Crippen LogP contribution in [0.25, 0.3) is 0 Å². The third-order valence-electron chi connectivity index (χ3n) is 2.17. The Balaban J connectivity index is 2.94. The Morgan fingerprint density at radius 3 is 2.61 bits per heavy atom. The van der Waals surface area contributed by atoms with Gasteiger partial charge in [0.25, 0.3) is 0 Å². The number of nitrogens with two attached hydrogens (primary N) is 1. The van der Waals surface area contributed by atoms with E-state index in [1.54, 1.807) is 31.2 Å². The van der Waals surface area contributed by atoms with Crippen molar-refractivity contribution in [1.29, 1.82) is 0 Å². The first-order valence-corrected chi connectivity index (χ1v) is 5.41. The average molecular weight is 249 g/mol. The zero-order valence-electron chi connectivity index (χ0n) is 10.3. The van der Waals surface area contributed by atoms with Crippen LogP contribution in [0.4, 0.5) is 0 Å². The lowest BCUT2D eigenvalue weighted by Gasteiger charge is -2.05. The monoisotopic (exact) mass is 249 g/mol. The van der Waals surface area contributed by atoms with Gasteiger partial charge in [0.05, 0.1) is 19.3 Å². The van der Waals surface area contributed by atoms with E-state index >= 15 is 0 Å². The van der Waals surface area contributed by atoms with E-state index in [2.05, 4.69) is 4.74 Å². The third-order valence-corrected chi connectivity index (χ3v) is 2.17. The van der Waals surface area contributed by atoms with E-state index in [-0.39, 0.29) is 12.3 Å². The molecular formula is C13H15NO4. The van der Waals surface area contributed by atoms with Gasteiger partial charge in [0.15, 0.2) is 5.78 Å². The summed E-state index contributed by atoms with van der Waals surface area (Å²) < 4.78 is 9.73. The van der Waals surface area contributed by atoms with Crippen LogP contribution in [-0.2, 0) is 9.53 Å². The Hall–Kier alpha value is -2.30. The summed E-state index contributed by atoms with van der Waals surface area (Å²) in [6.07, 6.45) is 1.04. The van der Waals surface area contributed by atoms with Crippen molar-refractivity contribution in [2.75, 3.05) is 13.7 Å². The molecule has 0 saturated heterocycles. The molecule has 1 rings (SSSR count). The molecule has 0 unspecified atom stereocenters. The molecule has 0 fully saturated rings. The highest BCUT2D eigenvalue weighted by atomic mass is 16.5. The van der Waals surface area contributed by atoms with Crippen LogP contribution in [0.15, 0.2) is 36.0 Å². The number of ether oxygens (including phenoxy) is 2. The van der Waals surface area contributed by atoms with Crippen molar-refractivity contribution < 1.29 is 19.1 Å². The Morgan fingerprint density at radius 1 is 1.33 bits per heavy atom. The van der Waals surface area contributed by atoms with Crippen molar-refractivity contribution in [2.24, 2.45) is 5.73 Å². The minimum absolute atomic E-state index is 0.205. The number of methoxy groups -OCH3 is 1. The summed E-state index contributed by atoms with van der Waals surface area (Å²) in [5.41, 5.74) is 5.57. The molecule has 18 heavy (non-hydrogen) atoms. The van der Waals surface area contributed by atoms with Crippen LogP contribution in [0, 0.1) is 0 Å². The van der Waals surface area contributed by atoms with Gasteiger partial charge in [0.1, 0.15) is 11.4 Å². The van der Waals surface area contributed by atoms with Gasteiger partial charge in [-0.05, 0) is 19.1 Å². The number of hydrogen-bond donors (Lipinski definition) is 1. The number of hydrogen-bond acceptors (Lipinski definition) is 5. The molecule has 0 bridgehead atoms. The smallest absolute Gasteiger partial charge is 0.354 e. The lowest BCUT2D eigenvalue weighted by molar-refractivity contribution is -0.138. The van der Waals surface area contributed by atoms with E-state index in [4.69, 9.17) is 10.5 Å². The lowest BCUT2D eigenvalue weighted by Crippen LogP contribution is -2.16. The van der Waals surface area contributed by atoms with Crippen LogP contribution in [0.2, 0.25) is 0 Å². The van der Waals surface area contributed by atoms with Gasteiger partial charge in [-0.3, -0.25) is 4.79 Å². The van der Waals surface area contributed by atoms with Gasteiger partial charge in [-0.2, -0.15) is 0 Å². The van der Waals surface area contributed by atoms with Crippen molar-refractivity contribution in [3.05, 3.63) is 41.6 Å². The van der Waals surface area contributed by atoms with Crippen LogP contribution in [0.3, 0.4) is 0 Å². The number of allylic oxidation sites excluding steroid dienone is 1. The quantitative estimate of drug-likeness (QED) is 0.483. The summed E-state index contributed by atoms with van der Waals surface area (Å²) >= 11 is 0. The fraction of sp³-hybridized carbons (Fsp3) is 0.231. The van der Waals surface area contributed by atoms with Crippen molar-refractivity contribution in [3.63, 3.8) is 0 Å². The highest BCUT2D eigenvalue weighted by Gasteiger charge is 2.13. The Morgan fingerprint density at radius 2 is 2.00 bits per heavy atom.